The Kier molecular flexibility index (Phi) is 19.8. The molecule has 16 nitrogen and oxygen atoms in total. The molecule has 2 saturated heterocycles. The molecule has 12 atom stereocenters. The van der Waals surface area contributed by atoms with Crippen molar-refractivity contribution in [2.45, 2.75) is 257 Å². The van der Waals surface area contributed by atoms with Crippen LogP contribution in [0, 0.1) is 22.7 Å². The molecule has 0 N–H and O–H groups in total. The lowest BCUT2D eigenvalue weighted by molar-refractivity contribution is -0.193. The third-order valence-corrected chi connectivity index (χ3v) is 32.2. The summed E-state index contributed by atoms with van der Waals surface area (Å²) in [5, 5.41) is 0.186. The molecule has 0 radical (unpaired) electrons. The molecule has 0 aromatic heterocycles. The van der Waals surface area contributed by atoms with Crippen LogP contribution in [-0.4, -0.2) is 148 Å². The predicted octanol–water partition coefficient (Wildman–Crippen LogP) is 14.6. The van der Waals surface area contributed by atoms with Crippen LogP contribution in [0.4, 0.5) is 9.59 Å². The van der Waals surface area contributed by atoms with Gasteiger partial charge in [-0.1, -0.05) is 113 Å². The van der Waals surface area contributed by atoms with Crippen molar-refractivity contribution in [3.63, 3.8) is 0 Å². The van der Waals surface area contributed by atoms with Crippen LogP contribution in [0.1, 0.15) is 163 Å². The number of hydrogen-bond acceptors (Lipinski definition) is 14. The van der Waals surface area contributed by atoms with Crippen LogP contribution in [0.25, 0.3) is 0 Å². The minimum Gasteiger partial charge on any atom is -0.444 e. The molecule has 4 aliphatic carbocycles. The standard InChI is InChI=1S/2C32H50BrNO5Si.2CO2/c2*1-12-22-26(33)24-17-25-31-14-13-23(21(3)39-40(10,11)29(7,8)9)30(31,18-20(2)32(22,25)37-24)19-34(15-16-36-31)27(35)38-28(4,5)6;2*2-1-3/h2*13,17,20-21,24H,12,14-16,18-19H2,1-11H3;;/t20-,21-,24+,30+,31+,32+;20-,21-,24-,30+,31+,32-;;/m11../s1. The quantitative estimate of drug-likeness (QED) is 0.165. The average molecular weight is 1360 g/mol. The van der Waals surface area contributed by atoms with E-state index in [1.165, 1.54) is 42.4 Å². The van der Waals surface area contributed by atoms with Crippen molar-refractivity contribution in [1.82, 2.24) is 9.80 Å². The zero-order valence-electron chi connectivity index (χ0n) is 55.6. The van der Waals surface area contributed by atoms with Gasteiger partial charge < -0.3 is 47.1 Å². The number of ether oxygens (including phenoxy) is 6. The van der Waals surface area contributed by atoms with Crippen LogP contribution in [0.2, 0.25) is 36.3 Å². The first-order valence-electron chi connectivity index (χ1n) is 31.1. The zero-order chi connectivity index (χ0) is 64.8. The van der Waals surface area contributed by atoms with Gasteiger partial charge in [-0.25, -0.2) is 9.59 Å². The highest BCUT2D eigenvalue weighted by atomic mass is 79.9. The SMILES string of the molecule is CCC1=C(Br)[C@@H]2C=C3[C@]1(O2)[C@H](C)C[C@@]12CN(C(=O)OC(C)(C)C)CCO[C@@]31CC=C2[C@@H](C)O[Si](C)(C)C(C)(C)C.CCC1=C(Br)[C@H]2C=C3[C@@]1(O2)[C@H](C)C[C@@]12CN(C(=O)OC(C)(C)C)CCO[C@@]31CC=C2[C@@H](C)O[Si](C)(C)C(C)(C)C.O=C=O.O=C=O. The van der Waals surface area contributed by atoms with E-state index < -0.39 is 61.1 Å². The number of fused-ring (bicyclic) bond motifs is 2. The number of carbonyl (C=O) groups is 2. The molecular formula is C66H100Br2N2O14Si2. The van der Waals surface area contributed by atoms with Crippen molar-refractivity contribution < 1.29 is 66.0 Å². The van der Waals surface area contributed by atoms with Gasteiger partial charge in [0.2, 0.25) is 0 Å². The summed E-state index contributed by atoms with van der Waals surface area (Å²) in [4.78, 5) is 63.5. The highest BCUT2D eigenvalue weighted by Gasteiger charge is 2.76. The Morgan fingerprint density at radius 1 is 0.616 bits per heavy atom. The highest BCUT2D eigenvalue weighted by molar-refractivity contribution is 9.12. The van der Waals surface area contributed by atoms with E-state index in [1.807, 2.05) is 51.3 Å². The van der Waals surface area contributed by atoms with Crippen LogP contribution in [-0.2, 0) is 56.5 Å². The van der Waals surface area contributed by atoms with Gasteiger partial charge in [0.1, 0.15) is 45.8 Å². The normalized spacial score (nSPS) is 34.1. The molecule has 4 fully saturated rings. The molecule has 6 heterocycles. The van der Waals surface area contributed by atoms with Crippen LogP contribution >= 0.6 is 31.9 Å². The average Bonchev–Trinajstić information content (AvgIpc) is 1.47. The Hall–Kier alpha value is -3.11. The predicted molar refractivity (Wildman–Crippen MR) is 340 cm³/mol. The molecule has 2 spiro atoms. The maximum atomic E-state index is 13.6. The van der Waals surface area contributed by atoms with E-state index in [-0.39, 0.29) is 70.8 Å². The van der Waals surface area contributed by atoms with Crippen LogP contribution in [0.15, 0.2) is 66.7 Å². The summed E-state index contributed by atoms with van der Waals surface area (Å²) < 4.78 is 56.3. The molecule has 86 heavy (non-hydrogen) atoms. The summed E-state index contributed by atoms with van der Waals surface area (Å²) in [5.74, 6) is 0.399. The van der Waals surface area contributed by atoms with E-state index in [0.717, 1.165) is 38.5 Å². The van der Waals surface area contributed by atoms with Crippen LogP contribution in [0.3, 0.4) is 0 Å². The number of halogens is 2. The number of carbonyl (C=O) groups excluding carboxylic acids is 6. The van der Waals surface area contributed by atoms with Crippen molar-refractivity contribution >= 4 is 73.0 Å². The van der Waals surface area contributed by atoms with Gasteiger partial charge in [-0.15, -0.1) is 0 Å². The van der Waals surface area contributed by atoms with Crippen molar-refractivity contribution in [3.05, 3.63) is 66.7 Å². The zero-order valence-corrected chi connectivity index (χ0v) is 60.8. The fourth-order valence-electron chi connectivity index (χ4n) is 16.1. The number of hydrogen-bond donors (Lipinski definition) is 0. The van der Waals surface area contributed by atoms with Crippen molar-refractivity contribution in [2.75, 3.05) is 39.4 Å². The fourth-order valence-corrected chi connectivity index (χ4v) is 20.4. The molecule has 10 aliphatic rings. The van der Waals surface area contributed by atoms with Gasteiger partial charge in [0.25, 0.3) is 0 Å². The van der Waals surface area contributed by atoms with E-state index in [0.29, 0.717) is 39.4 Å². The molecule has 2 saturated carbocycles. The molecule has 6 aliphatic heterocycles. The molecule has 480 valence electrons. The first-order valence-corrected chi connectivity index (χ1v) is 38.5. The lowest BCUT2D eigenvalue weighted by Gasteiger charge is -2.59. The first kappa shape index (κ1) is 70.4. The molecule has 10 rings (SSSR count). The van der Waals surface area contributed by atoms with E-state index >= 15 is 0 Å². The molecule has 4 bridgehead atoms. The minimum absolute atomic E-state index is 0.0728. The Labute approximate surface area is 531 Å². The second kappa shape index (κ2) is 24.2. The highest BCUT2D eigenvalue weighted by Crippen LogP contribution is 2.73. The Balaban J connectivity index is 0.000000226. The second-order valence-electron chi connectivity index (χ2n) is 30.5. The molecule has 0 unspecified atom stereocenters. The maximum absolute atomic E-state index is 13.6. The van der Waals surface area contributed by atoms with Gasteiger partial charge in [0.15, 0.2) is 16.6 Å². The van der Waals surface area contributed by atoms with Gasteiger partial charge in [-0.3, -0.25) is 0 Å². The Morgan fingerprint density at radius 3 is 1.21 bits per heavy atom. The van der Waals surface area contributed by atoms with E-state index in [9.17, 15) is 9.59 Å². The topological polar surface area (TPSA) is 183 Å². The molecular weight excluding hydrogens is 1260 g/mol. The number of nitrogens with zero attached hydrogens (tertiary/aromatic N) is 2. The van der Waals surface area contributed by atoms with Crippen molar-refractivity contribution in [3.8, 4) is 0 Å². The lowest BCUT2D eigenvalue weighted by atomic mass is 9.50. The monoisotopic (exact) mass is 1360 g/mol. The van der Waals surface area contributed by atoms with Crippen LogP contribution in [0.5, 0.6) is 0 Å². The van der Waals surface area contributed by atoms with Gasteiger partial charge >= 0.3 is 24.5 Å². The molecule has 0 aromatic carbocycles. The molecule has 0 aromatic rings. The van der Waals surface area contributed by atoms with Crippen molar-refractivity contribution in [1.29, 1.82) is 0 Å². The smallest absolute Gasteiger partial charge is 0.410 e. The van der Waals surface area contributed by atoms with Crippen LogP contribution < -0.4 is 0 Å². The summed E-state index contributed by atoms with van der Waals surface area (Å²) in [5.41, 5.74) is 3.69. The third-order valence-electron chi connectivity index (χ3n) is 21.3. The van der Waals surface area contributed by atoms with Gasteiger partial charge in [-0.05, 0) is 188 Å². The van der Waals surface area contributed by atoms with Crippen molar-refractivity contribution in [2.24, 2.45) is 22.7 Å². The summed E-state index contributed by atoms with van der Waals surface area (Å²) in [6, 6.07) is 0. The summed E-state index contributed by atoms with van der Waals surface area (Å²) in [7, 11) is -4.12. The summed E-state index contributed by atoms with van der Waals surface area (Å²) >= 11 is 7.79. The Morgan fingerprint density at radius 2 is 0.930 bits per heavy atom. The number of rotatable bonds is 8. The maximum Gasteiger partial charge on any atom is 0.410 e. The van der Waals surface area contributed by atoms with Gasteiger partial charge in [-0.2, -0.15) is 19.2 Å². The number of amides is 2. The lowest BCUT2D eigenvalue weighted by Crippen LogP contribution is -2.65. The van der Waals surface area contributed by atoms with Gasteiger partial charge in [0.05, 0.1) is 25.4 Å². The summed E-state index contributed by atoms with van der Waals surface area (Å²) in [6.07, 6.45) is 14.1. The fraction of sp³-hybridized carbons (Fsp3) is 0.758. The molecule has 20 heteroatoms. The minimum atomic E-state index is -2.06. The van der Waals surface area contributed by atoms with Gasteiger partial charge in [0, 0.05) is 46.0 Å². The third kappa shape index (κ3) is 11.4. The molecule has 2 amide bonds. The van der Waals surface area contributed by atoms with E-state index in [1.54, 1.807) is 0 Å². The Bertz CT molecular complexity index is 2740. The van der Waals surface area contributed by atoms with E-state index in [2.05, 4.69) is 165 Å². The largest absolute Gasteiger partial charge is 0.444 e. The second-order valence-corrected chi connectivity index (χ2v) is 41.8. The van der Waals surface area contributed by atoms with E-state index in [4.69, 9.17) is 56.5 Å². The first-order chi connectivity index (χ1) is 39.5. The summed E-state index contributed by atoms with van der Waals surface area (Å²) in [6.45, 7) is 51.1.